The van der Waals surface area contributed by atoms with E-state index in [0.717, 1.165) is 14.7 Å². The van der Waals surface area contributed by atoms with E-state index in [1.807, 2.05) is 0 Å². The van der Waals surface area contributed by atoms with Gasteiger partial charge in [0.15, 0.2) is 0 Å². The standard InChI is InChI=1S/C12H9FINO2/c1-17-12(16)11-10(9(14)6-15-11)7-2-4-8(13)5-3-7/h2-6,15H,1H3. The van der Waals surface area contributed by atoms with Crippen LogP contribution in [0.1, 0.15) is 10.5 Å². The van der Waals surface area contributed by atoms with Gasteiger partial charge in [0.2, 0.25) is 0 Å². The quantitative estimate of drug-likeness (QED) is 0.671. The number of benzene rings is 1. The van der Waals surface area contributed by atoms with Gasteiger partial charge in [-0.2, -0.15) is 0 Å². The maximum atomic E-state index is 12.9. The van der Waals surface area contributed by atoms with Gasteiger partial charge < -0.3 is 9.72 Å². The van der Waals surface area contributed by atoms with Crippen molar-refractivity contribution in [1.82, 2.24) is 4.98 Å². The number of nitrogens with one attached hydrogen (secondary N) is 1. The van der Waals surface area contributed by atoms with Crippen LogP contribution in [0.3, 0.4) is 0 Å². The molecule has 3 nitrogen and oxygen atoms in total. The van der Waals surface area contributed by atoms with Crippen molar-refractivity contribution >= 4 is 28.6 Å². The van der Waals surface area contributed by atoms with Crippen molar-refractivity contribution in [3.63, 3.8) is 0 Å². The molecule has 0 bridgehead atoms. The lowest BCUT2D eigenvalue weighted by molar-refractivity contribution is 0.0595. The van der Waals surface area contributed by atoms with Gasteiger partial charge in [0.25, 0.3) is 0 Å². The van der Waals surface area contributed by atoms with Crippen LogP contribution in [0.25, 0.3) is 11.1 Å². The first-order valence-corrected chi connectivity index (χ1v) is 5.92. The second-order valence-electron chi connectivity index (χ2n) is 3.39. The molecule has 0 aliphatic heterocycles. The van der Waals surface area contributed by atoms with Crippen LogP contribution >= 0.6 is 22.6 Å². The van der Waals surface area contributed by atoms with Gasteiger partial charge in [-0.05, 0) is 40.3 Å². The van der Waals surface area contributed by atoms with E-state index in [4.69, 9.17) is 0 Å². The van der Waals surface area contributed by atoms with Crippen molar-refractivity contribution in [2.75, 3.05) is 7.11 Å². The van der Waals surface area contributed by atoms with E-state index < -0.39 is 5.97 Å². The molecule has 0 fully saturated rings. The largest absolute Gasteiger partial charge is 0.464 e. The van der Waals surface area contributed by atoms with Gasteiger partial charge in [-0.1, -0.05) is 12.1 Å². The fourth-order valence-electron chi connectivity index (χ4n) is 1.56. The van der Waals surface area contributed by atoms with Gasteiger partial charge in [0, 0.05) is 15.3 Å². The maximum Gasteiger partial charge on any atom is 0.355 e. The zero-order valence-electron chi connectivity index (χ0n) is 8.96. The zero-order valence-corrected chi connectivity index (χ0v) is 11.1. The number of ether oxygens (including phenoxy) is 1. The van der Waals surface area contributed by atoms with E-state index >= 15 is 0 Å². The van der Waals surface area contributed by atoms with Gasteiger partial charge in [-0.25, -0.2) is 9.18 Å². The Morgan fingerprint density at radius 3 is 2.59 bits per heavy atom. The second kappa shape index (κ2) is 4.87. The van der Waals surface area contributed by atoms with E-state index in [-0.39, 0.29) is 5.82 Å². The van der Waals surface area contributed by atoms with Crippen LogP contribution in [-0.4, -0.2) is 18.1 Å². The third-order valence-electron chi connectivity index (χ3n) is 2.35. The number of halogens is 2. The van der Waals surface area contributed by atoms with E-state index in [0.29, 0.717) is 5.69 Å². The summed E-state index contributed by atoms with van der Waals surface area (Å²) in [6.45, 7) is 0. The Kier molecular flexibility index (Phi) is 3.46. The van der Waals surface area contributed by atoms with Gasteiger partial charge >= 0.3 is 5.97 Å². The summed E-state index contributed by atoms with van der Waals surface area (Å²) in [5, 5.41) is 0. The summed E-state index contributed by atoms with van der Waals surface area (Å²) in [4.78, 5) is 14.4. The minimum Gasteiger partial charge on any atom is -0.464 e. The minimum atomic E-state index is -0.438. The second-order valence-corrected chi connectivity index (χ2v) is 4.55. The Morgan fingerprint density at radius 1 is 1.35 bits per heavy atom. The predicted molar refractivity (Wildman–Crippen MR) is 70.2 cm³/mol. The summed E-state index contributed by atoms with van der Waals surface area (Å²) < 4.78 is 18.4. The number of esters is 1. The van der Waals surface area contributed by atoms with E-state index in [9.17, 15) is 9.18 Å². The third kappa shape index (κ3) is 2.33. The van der Waals surface area contributed by atoms with Crippen molar-refractivity contribution in [2.24, 2.45) is 0 Å². The van der Waals surface area contributed by atoms with Crippen LogP contribution < -0.4 is 0 Å². The number of carbonyl (C=O) groups is 1. The smallest absolute Gasteiger partial charge is 0.355 e. The predicted octanol–water partition coefficient (Wildman–Crippen LogP) is 3.21. The van der Waals surface area contributed by atoms with Crippen molar-refractivity contribution in [3.8, 4) is 11.1 Å². The van der Waals surface area contributed by atoms with Gasteiger partial charge in [0.1, 0.15) is 11.5 Å². The average molecular weight is 345 g/mol. The molecule has 0 radical (unpaired) electrons. The summed E-state index contributed by atoms with van der Waals surface area (Å²) >= 11 is 2.11. The lowest BCUT2D eigenvalue weighted by Gasteiger charge is -2.03. The van der Waals surface area contributed by atoms with Crippen LogP contribution in [0, 0.1) is 9.39 Å². The molecule has 5 heteroatoms. The number of H-pyrrole nitrogens is 1. The first kappa shape index (κ1) is 12.1. The molecule has 2 aromatic rings. The Bertz CT molecular complexity index is 548. The SMILES string of the molecule is COC(=O)c1[nH]cc(I)c1-c1ccc(F)cc1. The molecule has 17 heavy (non-hydrogen) atoms. The first-order chi connectivity index (χ1) is 8.13. The molecule has 0 atom stereocenters. The molecule has 0 aliphatic rings. The summed E-state index contributed by atoms with van der Waals surface area (Å²) in [5.41, 5.74) is 1.89. The molecule has 1 N–H and O–H groups in total. The molecular weight excluding hydrogens is 336 g/mol. The third-order valence-corrected chi connectivity index (χ3v) is 3.21. The van der Waals surface area contributed by atoms with Crippen LogP contribution in [0.4, 0.5) is 4.39 Å². The monoisotopic (exact) mass is 345 g/mol. The number of methoxy groups -OCH3 is 1. The highest BCUT2D eigenvalue weighted by atomic mass is 127. The molecule has 88 valence electrons. The minimum absolute atomic E-state index is 0.307. The summed E-state index contributed by atoms with van der Waals surface area (Å²) in [7, 11) is 1.32. The molecule has 2 rings (SSSR count). The average Bonchev–Trinajstić information content (AvgIpc) is 2.71. The van der Waals surface area contributed by atoms with Crippen molar-refractivity contribution in [3.05, 3.63) is 45.5 Å². The molecule has 0 spiro atoms. The number of aromatic amines is 1. The zero-order chi connectivity index (χ0) is 12.4. The Labute approximate surface area is 111 Å². The van der Waals surface area contributed by atoms with Gasteiger partial charge in [0.05, 0.1) is 7.11 Å². The molecule has 0 aliphatic carbocycles. The summed E-state index contributed by atoms with van der Waals surface area (Å²) in [6.07, 6.45) is 1.71. The van der Waals surface area contributed by atoms with E-state index in [1.54, 1.807) is 18.3 Å². The van der Waals surface area contributed by atoms with E-state index in [1.165, 1.54) is 19.2 Å². The molecule has 0 saturated heterocycles. The van der Waals surface area contributed by atoms with Crippen molar-refractivity contribution in [1.29, 1.82) is 0 Å². The highest BCUT2D eigenvalue weighted by Crippen LogP contribution is 2.29. The maximum absolute atomic E-state index is 12.9. The number of hydrogen-bond acceptors (Lipinski definition) is 2. The molecule has 0 amide bonds. The Balaban J connectivity index is 2.54. The fourth-order valence-corrected chi connectivity index (χ4v) is 2.30. The summed E-state index contributed by atoms with van der Waals surface area (Å²) in [6, 6.07) is 5.99. The number of hydrogen-bond donors (Lipinski definition) is 1. The van der Waals surface area contributed by atoms with Crippen LogP contribution in [0.2, 0.25) is 0 Å². The molecule has 0 unspecified atom stereocenters. The lowest BCUT2D eigenvalue weighted by atomic mass is 10.1. The number of carbonyl (C=O) groups excluding carboxylic acids is 1. The van der Waals surface area contributed by atoms with E-state index in [2.05, 4.69) is 32.3 Å². The van der Waals surface area contributed by atoms with Crippen molar-refractivity contribution in [2.45, 2.75) is 0 Å². The van der Waals surface area contributed by atoms with Crippen LogP contribution in [0.5, 0.6) is 0 Å². The molecule has 1 heterocycles. The molecular formula is C12H9FINO2. The first-order valence-electron chi connectivity index (χ1n) is 4.84. The molecule has 0 saturated carbocycles. The highest BCUT2D eigenvalue weighted by molar-refractivity contribution is 14.1. The topological polar surface area (TPSA) is 42.1 Å². The normalized spacial score (nSPS) is 10.3. The van der Waals surface area contributed by atoms with Crippen LogP contribution in [-0.2, 0) is 4.74 Å². The lowest BCUT2D eigenvalue weighted by Crippen LogP contribution is -2.03. The Morgan fingerprint density at radius 2 is 2.00 bits per heavy atom. The highest BCUT2D eigenvalue weighted by Gasteiger charge is 2.18. The summed E-state index contributed by atoms with van der Waals surface area (Å²) in [5.74, 6) is -0.744. The number of aromatic nitrogens is 1. The number of rotatable bonds is 2. The van der Waals surface area contributed by atoms with Crippen LogP contribution in [0.15, 0.2) is 30.5 Å². The van der Waals surface area contributed by atoms with Gasteiger partial charge in [-0.15, -0.1) is 0 Å². The van der Waals surface area contributed by atoms with Crippen molar-refractivity contribution < 1.29 is 13.9 Å². The van der Waals surface area contributed by atoms with Gasteiger partial charge in [-0.3, -0.25) is 0 Å². The molecule has 1 aromatic carbocycles. The molecule has 1 aromatic heterocycles. The Hall–Kier alpha value is -1.37. The fraction of sp³-hybridized carbons (Fsp3) is 0.0833.